The van der Waals surface area contributed by atoms with E-state index in [1.54, 1.807) is 12.1 Å². The Kier molecular flexibility index (Phi) is 8.41. The predicted octanol–water partition coefficient (Wildman–Crippen LogP) is -0.0394. The van der Waals surface area contributed by atoms with Crippen molar-refractivity contribution in [3.8, 4) is 5.75 Å². The molecule has 0 amide bonds. The first-order chi connectivity index (χ1) is 6.86. The average Bonchev–Trinajstić information content (AvgIpc) is 2.23. The van der Waals surface area contributed by atoms with E-state index in [1.165, 1.54) is 25.3 Å². The van der Waals surface area contributed by atoms with Crippen LogP contribution in [0.15, 0.2) is 18.2 Å². The van der Waals surface area contributed by atoms with E-state index in [-0.39, 0.29) is 52.0 Å². The summed E-state index contributed by atoms with van der Waals surface area (Å²) < 4.78 is 18.8. The summed E-state index contributed by atoms with van der Waals surface area (Å²) >= 11 is 0. The first-order valence-electron chi connectivity index (χ1n) is 5.18. The fourth-order valence-corrected chi connectivity index (χ4v) is 1.85. The van der Waals surface area contributed by atoms with Crippen molar-refractivity contribution in [3.05, 3.63) is 30.1 Å². The molecule has 0 saturated heterocycles. The van der Waals surface area contributed by atoms with Crippen LogP contribution in [0.5, 0.6) is 5.75 Å². The Labute approximate surface area is 123 Å². The van der Waals surface area contributed by atoms with Crippen molar-refractivity contribution in [2.45, 2.75) is 38.2 Å². The summed E-state index contributed by atoms with van der Waals surface area (Å²) in [5, 5.41) is 0. The summed E-state index contributed by atoms with van der Waals surface area (Å²) in [5.41, 5.74) is 0. The fraction of sp³-hybridized carbons (Fsp3) is 0.500. The quantitative estimate of drug-likeness (QED) is 0.550. The maximum atomic E-state index is 13.2. The minimum atomic E-state index is -0.283. The molecule has 4 heteroatoms. The number of hydrogen-bond acceptors (Lipinski definition) is 1. The molecule has 0 unspecified atom stereocenters. The van der Waals surface area contributed by atoms with Crippen molar-refractivity contribution < 1.29 is 26.1 Å². The second-order valence-corrected chi connectivity index (χ2v) is 3.73. The summed E-state index contributed by atoms with van der Waals surface area (Å²) in [6.07, 6.45) is 5.98. The molecule has 0 N–H and O–H groups in total. The maximum absolute atomic E-state index is 13.2. The first kappa shape index (κ1) is 16.2. The van der Waals surface area contributed by atoms with E-state index in [0.29, 0.717) is 5.75 Å². The largest absolute Gasteiger partial charge is 2.00 e. The first-order valence-corrected chi connectivity index (χ1v) is 5.18. The van der Waals surface area contributed by atoms with Crippen LogP contribution < -0.4 is 21.7 Å². The molecule has 0 aliphatic heterocycles. The molecule has 0 spiro atoms. The predicted molar refractivity (Wildman–Crippen MR) is 58.5 cm³/mol. The third kappa shape index (κ3) is 4.59. The maximum Gasteiger partial charge on any atom is 2.00 e. The molecule has 1 saturated carbocycles. The second kappa shape index (κ2) is 8.31. The molecule has 0 atom stereocenters. The average molecular weight is 297 g/mol. The number of ether oxygens (including phenoxy) is 1. The molecule has 0 heterocycles. The van der Waals surface area contributed by atoms with Crippen LogP contribution in [0.2, 0.25) is 0 Å². The van der Waals surface area contributed by atoms with E-state index >= 15 is 0 Å². The number of hydrogen-bond donors (Lipinski definition) is 0. The minimum Gasteiger partial charge on any atom is -1.00 e. The Morgan fingerprint density at radius 2 is 1.94 bits per heavy atom. The summed E-state index contributed by atoms with van der Waals surface area (Å²) in [6.45, 7) is 0. The van der Waals surface area contributed by atoms with Gasteiger partial charge in [-0.25, -0.2) is 4.39 Å². The van der Waals surface area contributed by atoms with E-state index in [1.807, 2.05) is 0 Å². The summed E-state index contributed by atoms with van der Waals surface area (Å²) in [6, 6.07) is 7.35. The zero-order valence-corrected chi connectivity index (χ0v) is 12.2. The van der Waals surface area contributed by atoms with E-state index in [0.717, 1.165) is 12.8 Å². The van der Waals surface area contributed by atoms with Gasteiger partial charge in [0.15, 0.2) is 0 Å². The number of rotatable bonds is 2. The molecule has 1 aliphatic carbocycles. The van der Waals surface area contributed by atoms with Crippen molar-refractivity contribution in [2.75, 3.05) is 0 Å². The molecule has 1 nitrogen and oxygen atoms in total. The van der Waals surface area contributed by atoms with Crippen LogP contribution >= 0.6 is 0 Å². The van der Waals surface area contributed by atoms with Crippen molar-refractivity contribution in [1.29, 1.82) is 0 Å². The molecule has 1 fully saturated rings. The second-order valence-electron chi connectivity index (χ2n) is 3.73. The van der Waals surface area contributed by atoms with Crippen molar-refractivity contribution in [1.82, 2.24) is 0 Å². The Balaban J connectivity index is 0.00000112. The molecule has 1 aromatic carbocycles. The molecule has 84 valence electrons. The Hall–Kier alpha value is 0.196. The molecule has 2 rings (SSSR count). The standard InChI is InChI=1S/C12H14FO.BrH.Mg/c13-11-8-4-5-9-12(11)14-10-6-2-1-3-7-10;;/h4,8-10H,1-3,6-7H2;1H;/q-1;;+2/p-1. The summed E-state index contributed by atoms with van der Waals surface area (Å²) in [7, 11) is 0. The number of halogens is 2. The van der Waals surface area contributed by atoms with Gasteiger partial charge >= 0.3 is 23.1 Å². The van der Waals surface area contributed by atoms with Gasteiger partial charge in [-0.2, -0.15) is 12.1 Å². The minimum absolute atomic E-state index is 0. The molecule has 0 bridgehead atoms. The van der Waals surface area contributed by atoms with Crippen LogP contribution in [0.3, 0.4) is 0 Å². The Morgan fingerprint density at radius 3 is 2.56 bits per heavy atom. The van der Waals surface area contributed by atoms with Gasteiger partial charge in [0.25, 0.3) is 0 Å². The number of benzene rings is 1. The van der Waals surface area contributed by atoms with Gasteiger partial charge in [0, 0.05) is 5.75 Å². The third-order valence-electron chi connectivity index (χ3n) is 2.62. The molecule has 0 aromatic heterocycles. The molecule has 16 heavy (non-hydrogen) atoms. The van der Waals surface area contributed by atoms with E-state index in [4.69, 9.17) is 4.74 Å². The van der Waals surface area contributed by atoms with Crippen LogP contribution in [-0.2, 0) is 0 Å². The van der Waals surface area contributed by atoms with E-state index in [2.05, 4.69) is 6.07 Å². The van der Waals surface area contributed by atoms with Crippen LogP contribution in [0.1, 0.15) is 32.1 Å². The SMILES string of the molecule is Fc1cc[c-]cc1OC1CCCCC1.[Br-].[Mg+2]. The topological polar surface area (TPSA) is 9.23 Å². The Bertz CT molecular complexity index is 303. The normalized spacial score (nSPS) is 15.8. The monoisotopic (exact) mass is 296 g/mol. The van der Waals surface area contributed by atoms with Crippen LogP contribution in [-0.4, -0.2) is 29.2 Å². The van der Waals surface area contributed by atoms with Crippen LogP contribution in [0.4, 0.5) is 4.39 Å². The fourth-order valence-electron chi connectivity index (χ4n) is 1.85. The molecule has 1 aromatic rings. The zero-order chi connectivity index (χ0) is 9.80. The molecular formula is C12H14BrFMgO. The van der Waals surface area contributed by atoms with Crippen LogP contribution in [0.25, 0.3) is 0 Å². The van der Waals surface area contributed by atoms with Gasteiger partial charge in [-0.15, -0.1) is 12.1 Å². The molecule has 1 aliphatic rings. The smallest absolute Gasteiger partial charge is 1.00 e. The zero-order valence-electron chi connectivity index (χ0n) is 9.22. The van der Waals surface area contributed by atoms with E-state index in [9.17, 15) is 4.39 Å². The van der Waals surface area contributed by atoms with Crippen molar-refractivity contribution in [3.63, 3.8) is 0 Å². The van der Waals surface area contributed by atoms with Gasteiger partial charge in [-0.1, -0.05) is 6.42 Å². The van der Waals surface area contributed by atoms with Gasteiger partial charge in [0.2, 0.25) is 0 Å². The van der Waals surface area contributed by atoms with Crippen molar-refractivity contribution in [2.24, 2.45) is 0 Å². The van der Waals surface area contributed by atoms with Gasteiger partial charge in [0.1, 0.15) is 0 Å². The van der Waals surface area contributed by atoms with Gasteiger partial charge in [-0.3, -0.25) is 0 Å². The van der Waals surface area contributed by atoms with E-state index < -0.39 is 0 Å². The molecule has 0 radical (unpaired) electrons. The van der Waals surface area contributed by atoms with Gasteiger partial charge in [-0.05, 0) is 25.7 Å². The molecular weight excluding hydrogens is 283 g/mol. The summed E-state index contributed by atoms with van der Waals surface area (Å²) in [5.74, 6) is 0.0636. The third-order valence-corrected chi connectivity index (χ3v) is 2.62. The summed E-state index contributed by atoms with van der Waals surface area (Å²) in [4.78, 5) is 0. The van der Waals surface area contributed by atoms with Crippen molar-refractivity contribution >= 4 is 23.1 Å². The Morgan fingerprint density at radius 1 is 1.25 bits per heavy atom. The van der Waals surface area contributed by atoms with Gasteiger partial charge < -0.3 is 21.7 Å². The van der Waals surface area contributed by atoms with Crippen LogP contribution in [0, 0.1) is 11.9 Å². The van der Waals surface area contributed by atoms with Gasteiger partial charge in [0.05, 0.1) is 11.9 Å².